The molecule has 2 aromatic rings. The molecule has 0 saturated carbocycles. The molecule has 2 rings (SSSR count). The molecule has 1 unspecified atom stereocenters. The van der Waals surface area contributed by atoms with E-state index < -0.39 is 5.60 Å². The number of nitrogens with zero attached hydrogens (tertiary/aromatic N) is 2. The maximum atomic E-state index is 9.70. The normalized spacial score (nSPS) is 14.9. The van der Waals surface area contributed by atoms with Crippen LogP contribution in [0.5, 0.6) is 0 Å². The van der Waals surface area contributed by atoms with E-state index in [-0.39, 0.29) is 6.61 Å². The maximum Gasteiger partial charge on any atom is 0.137 e. The van der Waals surface area contributed by atoms with Crippen LogP contribution in [0.3, 0.4) is 0 Å². The van der Waals surface area contributed by atoms with Crippen molar-refractivity contribution in [1.82, 2.24) is 14.7 Å². The molecule has 0 bridgehead atoms. The molecule has 0 aliphatic heterocycles. The third-order valence-electron chi connectivity index (χ3n) is 2.97. The molecule has 98 valence electrons. The van der Waals surface area contributed by atoms with Gasteiger partial charge >= 0.3 is 0 Å². The average Bonchev–Trinajstić information content (AvgIpc) is 2.66. The van der Waals surface area contributed by atoms with E-state index in [0.29, 0.717) is 13.1 Å². The summed E-state index contributed by atoms with van der Waals surface area (Å²) >= 11 is 0. The summed E-state index contributed by atoms with van der Waals surface area (Å²) in [6.45, 7) is 4.25. The minimum Gasteiger partial charge on any atom is -0.393 e. The summed E-state index contributed by atoms with van der Waals surface area (Å²) in [5.74, 6) is 0. The van der Waals surface area contributed by atoms with Crippen LogP contribution in [0.2, 0.25) is 0 Å². The summed E-state index contributed by atoms with van der Waals surface area (Å²) < 4.78 is 2.02. The van der Waals surface area contributed by atoms with E-state index in [4.69, 9.17) is 5.11 Å². The summed E-state index contributed by atoms with van der Waals surface area (Å²) in [6, 6.07) is 5.87. The van der Waals surface area contributed by atoms with Crippen molar-refractivity contribution in [1.29, 1.82) is 0 Å². The van der Waals surface area contributed by atoms with Gasteiger partial charge in [0.25, 0.3) is 0 Å². The van der Waals surface area contributed by atoms with Crippen LogP contribution in [0.15, 0.2) is 24.4 Å². The minimum atomic E-state index is -1.09. The number of hydrogen-bond donors (Lipinski definition) is 3. The Labute approximate surface area is 106 Å². The highest BCUT2D eigenvalue weighted by Gasteiger charge is 2.18. The zero-order valence-corrected chi connectivity index (χ0v) is 10.7. The topological polar surface area (TPSA) is 69.8 Å². The Bertz CT molecular complexity index is 534. The molecule has 0 aliphatic rings. The first-order chi connectivity index (χ1) is 8.53. The van der Waals surface area contributed by atoms with Crippen molar-refractivity contribution in [3.63, 3.8) is 0 Å². The summed E-state index contributed by atoms with van der Waals surface area (Å²) in [5, 5.41) is 21.8. The van der Waals surface area contributed by atoms with Crippen LogP contribution in [-0.2, 0) is 6.54 Å². The van der Waals surface area contributed by atoms with Gasteiger partial charge in [0.15, 0.2) is 0 Å². The van der Waals surface area contributed by atoms with Crippen LogP contribution < -0.4 is 5.32 Å². The molecule has 2 heterocycles. The van der Waals surface area contributed by atoms with Gasteiger partial charge in [0.05, 0.1) is 23.6 Å². The Morgan fingerprint density at radius 3 is 2.94 bits per heavy atom. The zero-order valence-electron chi connectivity index (χ0n) is 10.7. The predicted molar refractivity (Wildman–Crippen MR) is 69.3 cm³/mol. The molecule has 0 aromatic carbocycles. The van der Waals surface area contributed by atoms with Gasteiger partial charge in [-0.2, -0.15) is 0 Å². The lowest BCUT2D eigenvalue weighted by atomic mass is 10.1. The van der Waals surface area contributed by atoms with Gasteiger partial charge in [-0.05, 0) is 26.0 Å². The fourth-order valence-corrected chi connectivity index (χ4v) is 1.88. The van der Waals surface area contributed by atoms with Crippen molar-refractivity contribution in [2.24, 2.45) is 0 Å². The van der Waals surface area contributed by atoms with Crippen molar-refractivity contribution in [2.45, 2.75) is 26.0 Å². The van der Waals surface area contributed by atoms with Crippen molar-refractivity contribution in [2.75, 3.05) is 13.2 Å². The van der Waals surface area contributed by atoms with Crippen molar-refractivity contribution in [3.05, 3.63) is 35.8 Å². The smallest absolute Gasteiger partial charge is 0.137 e. The highest BCUT2D eigenvalue weighted by atomic mass is 16.3. The van der Waals surface area contributed by atoms with Gasteiger partial charge in [-0.1, -0.05) is 6.07 Å². The van der Waals surface area contributed by atoms with Crippen LogP contribution in [-0.4, -0.2) is 38.4 Å². The second-order valence-corrected chi connectivity index (χ2v) is 4.83. The molecule has 3 N–H and O–H groups in total. The Balaban J connectivity index is 2.10. The molecule has 0 aliphatic carbocycles. The van der Waals surface area contributed by atoms with Crippen molar-refractivity contribution in [3.8, 4) is 0 Å². The van der Waals surface area contributed by atoms with Gasteiger partial charge in [-0.15, -0.1) is 0 Å². The quantitative estimate of drug-likeness (QED) is 0.720. The average molecular weight is 249 g/mol. The fraction of sp³-hybridized carbons (Fsp3) is 0.462. The molecule has 2 aromatic heterocycles. The molecule has 0 amide bonds. The lowest BCUT2D eigenvalue weighted by Crippen LogP contribution is -2.40. The van der Waals surface area contributed by atoms with Crippen molar-refractivity contribution < 1.29 is 10.2 Å². The van der Waals surface area contributed by atoms with E-state index in [1.165, 1.54) is 0 Å². The van der Waals surface area contributed by atoms with Crippen LogP contribution in [0.4, 0.5) is 0 Å². The standard InChI is InChI=1S/C13H19N3O2/c1-10-11(7-14-8-13(2,18)9-17)16-6-4-3-5-12(16)15-10/h3-6,14,17-18H,7-9H2,1-2H3. The largest absolute Gasteiger partial charge is 0.393 e. The molecule has 0 fully saturated rings. The van der Waals surface area contributed by atoms with Gasteiger partial charge in [0.1, 0.15) is 5.65 Å². The first-order valence-corrected chi connectivity index (χ1v) is 6.00. The number of aliphatic hydroxyl groups is 2. The number of imidazole rings is 1. The van der Waals surface area contributed by atoms with E-state index in [1.54, 1.807) is 6.92 Å². The summed E-state index contributed by atoms with van der Waals surface area (Å²) in [5.41, 5.74) is 1.87. The second kappa shape index (κ2) is 5.06. The molecule has 0 saturated heterocycles. The number of nitrogens with one attached hydrogen (secondary N) is 1. The number of fused-ring (bicyclic) bond motifs is 1. The number of pyridine rings is 1. The predicted octanol–water partition coefficient (Wildman–Crippen LogP) is 0.476. The van der Waals surface area contributed by atoms with E-state index in [9.17, 15) is 5.11 Å². The molecular formula is C13H19N3O2. The minimum absolute atomic E-state index is 0.258. The summed E-state index contributed by atoms with van der Waals surface area (Å²) in [7, 11) is 0. The highest BCUT2D eigenvalue weighted by Crippen LogP contribution is 2.11. The monoisotopic (exact) mass is 249 g/mol. The Morgan fingerprint density at radius 2 is 2.22 bits per heavy atom. The fourth-order valence-electron chi connectivity index (χ4n) is 1.88. The molecule has 5 heteroatoms. The second-order valence-electron chi connectivity index (χ2n) is 4.83. The lowest BCUT2D eigenvalue weighted by molar-refractivity contribution is 0.00246. The number of aryl methyl sites for hydroxylation is 1. The summed E-state index contributed by atoms with van der Waals surface area (Å²) in [4.78, 5) is 4.46. The highest BCUT2D eigenvalue weighted by molar-refractivity contribution is 5.42. The molecule has 18 heavy (non-hydrogen) atoms. The maximum absolute atomic E-state index is 9.70. The Hall–Kier alpha value is -1.43. The molecule has 1 atom stereocenters. The van der Waals surface area contributed by atoms with E-state index in [1.807, 2.05) is 35.7 Å². The Morgan fingerprint density at radius 1 is 1.44 bits per heavy atom. The SMILES string of the molecule is Cc1nc2ccccn2c1CNCC(C)(O)CO. The number of aromatic nitrogens is 2. The molecule has 0 spiro atoms. The number of rotatable bonds is 5. The third kappa shape index (κ3) is 2.69. The van der Waals surface area contributed by atoms with Crippen LogP contribution in [0, 0.1) is 6.92 Å². The molecule has 0 radical (unpaired) electrons. The van der Waals surface area contributed by atoms with E-state index in [2.05, 4.69) is 10.3 Å². The van der Waals surface area contributed by atoms with Gasteiger partial charge in [-0.3, -0.25) is 0 Å². The number of aliphatic hydroxyl groups excluding tert-OH is 1. The van der Waals surface area contributed by atoms with Crippen LogP contribution in [0.1, 0.15) is 18.3 Å². The third-order valence-corrected chi connectivity index (χ3v) is 2.97. The number of hydrogen-bond acceptors (Lipinski definition) is 4. The van der Waals surface area contributed by atoms with E-state index >= 15 is 0 Å². The van der Waals surface area contributed by atoms with Crippen molar-refractivity contribution >= 4 is 5.65 Å². The molecular weight excluding hydrogens is 230 g/mol. The lowest BCUT2D eigenvalue weighted by Gasteiger charge is -2.20. The Kier molecular flexibility index (Phi) is 3.65. The van der Waals surface area contributed by atoms with Crippen LogP contribution >= 0.6 is 0 Å². The van der Waals surface area contributed by atoms with Gasteiger partial charge in [0, 0.05) is 19.3 Å². The zero-order chi connectivity index (χ0) is 13.2. The first kappa shape index (κ1) is 13.0. The van der Waals surface area contributed by atoms with Gasteiger partial charge < -0.3 is 19.9 Å². The van der Waals surface area contributed by atoms with Gasteiger partial charge in [-0.25, -0.2) is 4.98 Å². The van der Waals surface area contributed by atoms with E-state index in [0.717, 1.165) is 17.0 Å². The summed E-state index contributed by atoms with van der Waals surface area (Å²) in [6.07, 6.45) is 1.97. The first-order valence-electron chi connectivity index (χ1n) is 6.00. The van der Waals surface area contributed by atoms with Crippen LogP contribution in [0.25, 0.3) is 5.65 Å². The molecule has 5 nitrogen and oxygen atoms in total. The van der Waals surface area contributed by atoms with Gasteiger partial charge in [0.2, 0.25) is 0 Å².